The molecule has 0 saturated carbocycles. The van der Waals surface area contributed by atoms with Crippen molar-refractivity contribution in [3.8, 4) is 22.3 Å². The first-order chi connectivity index (χ1) is 25.9. The van der Waals surface area contributed by atoms with Gasteiger partial charge in [-0.2, -0.15) is 0 Å². The molecule has 0 spiro atoms. The molecule has 0 aromatic heterocycles. The van der Waals surface area contributed by atoms with Crippen LogP contribution in [0.1, 0.15) is 105 Å². The van der Waals surface area contributed by atoms with E-state index in [2.05, 4.69) is 219 Å². The molecular weight excluding hydrogens is 843 g/mol. The van der Waals surface area contributed by atoms with Crippen LogP contribution in [-0.2, 0) is 42.5 Å². The van der Waals surface area contributed by atoms with Gasteiger partial charge in [0.1, 0.15) is 0 Å². The van der Waals surface area contributed by atoms with Crippen LogP contribution in [0.3, 0.4) is 0 Å². The molecule has 6 rings (SSSR count). The van der Waals surface area contributed by atoms with Gasteiger partial charge < -0.3 is 0 Å². The summed E-state index contributed by atoms with van der Waals surface area (Å²) in [5.41, 5.74) is 11.6. The molecular formula is C52H70Cl2Si2Zr. The summed E-state index contributed by atoms with van der Waals surface area (Å²) in [4.78, 5) is 0. The Morgan fingerprint density at radius 2 is 0.667 bits per heavy atom. The van der Waals surface area contributed by atoms with Crippen LogP contribution in [0.4, 0.5) is 0 Å². The zero-order valence-electron chi connectivity index (χ0n) is 38.5. The van der Waals surface area contributed by atoms with E-state index in [1.165, 1.54) is 76.4 Å². The van der Waals surface area contributed by atoms with E-state index in [-0.39, 0.29) is 21.7 Å². The van der Waals surface area contributed by atoms with E-state index >= 15 is 0 Å². The minimum atomic E-state index is -1.29. The van der Waals surface area contributed by atoms with Crippen molar-refractivity contribution in [1.82, 2.24) is 0 Å². The second-order valence-electron chi connectivity index (χ2n) is 22.3. The topological polar surface area (TPSA) is 0 Å². The van der Waals surface area contributed by atoms with Gasteiger partial charge in [-0.3, -0.25) is 0 Å². The third kappa shape index (κ3) is 12.5. The predicted molar refractivity (Wildman–Crippen MR) is 262 cm³/mol. The third-order valence-corrected chi connectivity index (χ3v) is 15.2. The van der Waals surface area contributed by atoms with Crippen LogP contribution in [-0.4, -0.2) is 16.1 Å². The number of hydrogen-bond donors (Lipinski definition) is 0. The molecule has 6 aromatic rings. The molecule has 0 fully saturated rings. The number of benzene rings is 4. The molecule has 0 aliphatic carbocycles. The number of rotatable bonds is 4. The quantitative estimate of drug-likeness (QED) is 0.122. The molecule has 0 heterocycles. The minimum absolute atomic E-state index is 0.146. The molecule has 0 N–H and O–H groups in total. The Morgan fingerprint density at radius 1 is 0.404 bits per heavy atom. The van der Waals surface area contributed by atoms with Gasteiger partial charge in [0.2, 0.25) is 0 Å². The van der Waals surface area contributed by atoms with Gasteiger partial charge in [0.25, 0.3) is 0 Å². The predicted octanol–water partition coefficient (Wildman–Crippen LogP) is 16.1. The molecule has 0 unspecified atom stereocenters. The summed E-state index contributed by atoms with van der Waals surface area (Å²) in [5.74, 6) is 0. The standard InChI is InChI=1S/2C26H35Si.2ClH.Zr/c2*1-25(2,3)22-14-21(15-23(17-22)26(4,5)6)19-12-18-10-11-24(27(7,8)9)16-20(18)13-19;;;/h2*10-17H,1-9H3;2*1H;/q2*-1;;;+4/p-2. The Kier molecular flexibility index (Phi) is 14.7. The van der Waals surface area contributed by atoms with E-state index in [1.807, 2.05) is 0 Å². The van der Waals surface area contributed by atoms with E-state index in [4.69, 9.17) is 17.0 Å². The zero-order chi connectivity index (χ0) is 43.1. The summed E-state index contributed by atoms with van der Waals surface area (Å²) >= 11 is -0.826. The van der Waals surface area contributed by atoms with Crippen molar-refractivity contribution in [2.75, 3.05) is 0 Å². The van der Waals surface area contributed by atoms with Crippen LogP contribution in [0.2, 0.25) is 39.3 Å². The van der Waals surface area contributed by atoms with E-state index in [1.54, 1.807) is 0 Å². The second kappa shape index (κ2) is 17.5. The average molecular weight is 913 g/mol. The molecule has 5 heteroatoms. The van der Waals surface area contributed by atoms with Gasteiger partial charge in [0, 0.05) is 0 Å². The van der Waals surface area contributed by atoms with Crippen LogP contribution in [0.5, 0.6) is 0 Å². The van der Waals surface area contributed by atoms with Crippen LogP contribution in [0, 0.1) is 0 Å². The van der Waals surface area contributed by atoms with Gasteiger partial charge in [0.05, 0.1) is 16.1 Å². The van der Waals surface area contributed by atoms with Gasteiger partial charge in [-0.15, -0.1) is 69.1 Å². The van der Waals surface area contributed by atoms with Crippen molar-refractivity contribution in [2.45, 2.75) is 144 Å². The Labute approximate surface area is 368 Å². The summed E-state index contributed by atoms with van der Waals surface area (Å²) in [7, 11) is 7.29. The fraction of sp³-hybridized carbons (Fsp3) is 0.423. The number of fused-ring (bicyclic) bond motifs is 2. The molecule has 0 bridgehead atoms. The third-order valence-electron chi connectivity index (χ3n) is 11.1. The Hall–Kier alpha value is -2.00. The zero-order valence-corrected chi connectivity index (χ0v) is 44.5. The SMILES string of the molecule is CC(C)(C)c1cc(-c2cc3cc([Si](C)(C)C)ccc3[cH-]2)cc(C(C)(C)C)c1.CC(C)(C)c1cc(-c2cc3cc([Si](C)(C)C)ccc3[cH-]2)cc(C(C)(C)C)c1.[Cl][Zr+2][Cl]. The fourth-order valence-electron chi connectivity index (χ4n) is 7.00. The van der Waals surface area contributed by atoms with Gasteiger partial charge in [-0.1, -0.05) is 205 Å². The maximum atomic E-state index is 4.93. The summed E-state index contributed by atoms with van der Waals surface area (Å²) < 4.78 is 0. The van der Waals surface area contributed by atoms with Gasteiger partial charge in [0.15, 0.2) is 0 Å². The Morgan fingerprint density at radius 3 is 0.895 bits per heavy atom. The molecule has 0 aliphatic heterocycles. The monoisotopic (exact) mass is 910 g/mol. The van der Waals surface area contributed by atoms with Crippen molar-refractivity contribution in [3.05, 3.63) is 119 Å². The van der Waals surface area contributed by atoms with Crippen molar-refractivity contribution in [1.29, 1.82) is 0 Å². The maximum absolute atomic E-state index is 4.93. The molecule has 0 radical (unpaired) electrons. The molecule has 0 atom stereocenters. The fourth-order valence-corrected chi connectivity index (χ4v) is 9.35. The normalized spacial score (nSPS) is 12.8. The van der Waals surface area contributed by atoms with Crippen LogP contribution >= 0.6 is 17.0 Å². The summed E-state index contributed by atoms with van der Waals surface area (Å²) in [6.07, 6.45) is 0. The summed E-state index contributed by atoms with van der Waals surface area (Å²) in [6, 6.07) is 38.0. The molecule has 304 valence electrons. The van der Waals surface area contributed by atoms with Gasteiger partial charge >= 0.3 is 37.9 Å². The summed E-state index contributed by atoms with van der Waals surface area (Å²) in [5, 5.41) is 8.53. The average Bonchev–Trinajstić information content (AvgIpc) is 3.70. The molecule has 0 aliphatic rings. The van der Waals surface area contributed by atoms with Gasteiger partial charge in [-0.25, -0.2) is 0 Å². The Bertz CT molecular complexity index is 2070. The number of hydrogen-bond acceptors (Lipinski definition) is 0. The molecule has 0 saturated heterocycles. The van der Waals surface area contributed by atoms with Crippen LogP contribution in [0.15, 0.2) is 97.1 Å². The van der Waals surface area contributed by atoms with Crippen molar-refractivity contribution in [2.24, 2.45) is 0 Å². The van der Waals surface area contributed by atoms with E-state index in [0.29, 0.717) is 0 Å². The van der Waals surface area contributed by atoms with Crippen molar-refractivity contribution >= 4 is 65.1 Å². The van der Waals surface area contributed by atoms with Crippen LogP contribution in [0.25, 0.3) is 43.8 Å². The van der Waals surface area contributed by atoms with Crippen LogP contribution < -0.4 is 10.4 Å². The molecule has 57 heavy (non-hydrogen) atoms. The van der Waals surface area contributed by atoms with Crippen molar-refractivity contribution in [3.63, 3.8) is 0 Å². The number of halogens is 2. The van der Waals surface area contributed by atoms with Crippen molar-refractivity contribution < 1.29 is 20.8 Å². The van der Waals surface area contributed by atoms with E-state index in [9.17, 15) is 0 Å². The first-order valence-corrected chi connectivity index (χ1v) is 34.0. The van der Waals surface area contributed by atoms with E-state index < -0.39 is 37.0 Å². The molecule has 0 nitrogen and oxygen atoms in total. The first kappa shape index (κ1) is 47.7. The summed E-state index contributed by atoms with van der Waals surface area (Å²) in [6.45, 7) is 42.2. The second-order valence-corrected chi connectivity index (χ2v) is 36.2. The first-order valence-electron chi connectivity index (χ1n) is 20.6. The molecule has 0 amide bonds. The van der Waals surface area contributed by atoms with Gasteiger partial charge in [-0.05, 0) is 43.9 Å². The Balaban J connectivity index is 0.000000236. The molecule has 6 aromatic carbocycles. The van der Waals surface area contributed by atoms with E-state index in [0.717, 1.165) is 0 Å².